The fourth-order valence-electron chi connectivity index (χ4n) is 1.96. The molecule has 0 fully saturated rings. The average Bonchev–Trinajstić information content (AvgIpc) is 2.46. The molecule has 112 valence electrons. The SMILES string of the molecule is CS(=O)(=O)c1ccc(-c2cccc(CC(N)CO)n2)cc1. The summed E-state index contributed by atoms with van der Waals surface area (Å²) >= 11 is 0. The van der Waals surface area contributed by atoms with Crippen LogP contribution in [0.1, 0.15) is 5.69 Å². The molecular weight excluding hydrogens is 288 g/mol. The predicted molar refractivity (Wildman–Crippen MR) is 81.5 cm³/mol. The predicted octanol–water partition coefficient (Wildman–Crippen LogP) is 1.01. The number of hydrogen-bond donors (Lipinski definition) is 2. The number of aliphatic hydroxyl groups excluding tert-OH is 1. The highest BCUT2D eigenvalue weighted by Gasteiger charge is 2.08. The van der Waals surface area contributed by atoms with Gasteiger partial charge in [-0.3, -0.25) is 4.98 Å². The molecule has 5 nitrogen and oxygen atoms in total. The van der Waals surface area contributed by atoms with Gasteiger partial charge in [-0.05, 0) is 24.3 Å². The van der Waals surface area contributed by atoms with Crippen LogP contribution in [0.5, 0.6) is 0 Å². The van der Waals surface area contributed by atoms with Crippen molar-refractivity contribution in [3.05, 3.63) is 48.2 Å². The lowest BCUT2D eigenvalue weighted by Gasteiger charge is -2.09. The number of rotatable bonds is 5. The smallest absolute Gasteiger partial charge is 0.175 e. The second kappa shape index (κ2) is 6.34. The second-order valence-corrected chi connectivity index (χ2v) is 6.97. The zero-order valence-corrected chi connectivity index (χ0v) is 12.5. The Kier molecular flexibility index (Phi) is 4.72. The number of pyridine rings is 1. The Balaban J connectivity index is 2.28. The van der Waals surface area contributed by atoms with Crippen molar-refractivity contribution in [1.29, 1.82) is 0 Å². The van der Waals surface area contributed by atoms with Gasteiger partial charge >= 0.3 is 0 Å². The maximum atomic E-state index is 11.4. The van der Waals surface area contributed by atoms with Gasteiger partial charge in [0.25, 0.3) is 0 Å². The molecule has 0 aliphatic heterocycles. The molecule has 2 aromatic rings. The first-order valence-corrected chi connectivity index (χ1v) is 8.42. The molecule has 0 saturated carbocycles. The highest BCUT2D eigenvalue weighted by Crippen LogP contribution is 2.20. The molecule has 1 unspecified atom stereocenters. The van der Waals surface area contributed by atoms with Crippen LogP contribution >= 0.6 is 0 Å². The minimum absolute atomic E-state index is 0.0883. The molecule has 0 bridgehead atoms. The molecule has 1 atom stereocenters. The van der Waals surface area contributed by atoms with E-state index in [1.165, 1.54) is 6.26 Å². The molecule has 0 amide bonds. The summed E-state index contributed by atoms with van der Waals surface area (Å²) in [4.78, 5) is 4.76. The number of nitrogens with two attached hydrogens (primary N) is 1. The summed E-state index contributed by atoms with van der Waals surface area (Å²) in [6, 6.07) is 11.8. The molecule has 0 aliphatic rings. The first kappa shape index (κ1) is 15.6. The molecule has 21 heavy (non-hydrogen) atoms. The van der Waals surface area contributed by atoms with E-state index in [1.807, 2.05) is 18.2 Å². The monoisotopic (exact) mass is 306 g/mol. The Morgan fingerprint density at radius 1 is 1.19 bits per heavy atom. The van der Waals surface area contributed by atoms with Crippen molar-refractivity contribution >= 4 is 9.84 Å². The van der Waals surface area contributed by atoms with Gasteiger partial charge in [-0.2, -0.15) is 0 Å². The molecule has 0 saturated heterocycles. The number of aliphatic hydroxyl groups is 1. The van der Waals surface area contributed by atoms with Gasteiger partial charge < -0.3 is 10.8 Å². The number of sulfone groups is 1. The van der Waals surface area contributed by atoms with Gasteiger partial charge in [0.1, 0.15) is 0 Å². The van der Waals surface area contributed by atoms with Gasteiger partial charge in [-0.15, -0.1) is 0 Å². The van der Waals surface area contributed by atoms with Crippen molar-refractivity contribution in [3.8, 4) is 11.3 Å². The van der Waals surface area contributed by atoms with Crippen LogP contribution in [0, 0.1) is 0 Å². The summed E-state index contributed by atoms with van der Waals surface area (Å²) in [6.07, 6.45) is 1.67. The van der Waals surface area contributed by atoms with Crippen molar-refractivity contribution in [3.63, 3.8) is 0 Å². The topological polar surface area (TPSA) is 93.3 Å². The first-order valence-electron chi connectivity index (χ1n) is 6.53. The van der Waals surface area contributed by atoms with Gasteiger partial charge in [0.15, 0.2) is 9.84 Å². The van der Waals surface area contributed by atoms with Crippen LogP contribution in [0.4, 0.5) is 0 Å². The lowest BCUT2D eigenvalue weighted by molar-refractivity contribution is 0.264. The normalized spacial score (nSPS) is 13.1. The third kappa shape index (κ3) is 4.10. The van der Waals surface area contributed by atoms with Gasteiger partial charge in [-0.1, -0.05) is 18.2 Å². The van der Waals surface area contributed by atoms with Crippen LogP contribution < -0.4 is 5.73 Å². The van der Waals surface area contributed by atoms with E-state index in [9.17, 15) is 8.42 Å². The van der Waals surface area contributed by atoms with Gasteiger partial charge in [0.2, 0.25) is 0 Å². The van der Waals surface area contributed by atoms with E-state index >= 15 is 0 Å². The molecule has 2 rings (SSSR count). The Labute approximate surface area is 124 Å². The minimum atomic E-state index is -3.19. The first-order chi connectivity index (χ1) is 9.90. The molecular formula is C15H18N2O3S. The Bertz CT molecular complexity index is 712. The Morgan fingerprint density at radius 3 is 2.43 bits per heavy atom. The van der Waals surface area contributed by atoms with E-state index in [2.05, 4.69) is 4.98 Å². The molecule has 3 N–H and O–H groups in total. The molecule has 0 aliphatic carbocycles. The van der Waals surface area contributed by atoms with Crippen LogP contribution in [0.2, 0.25) is 0 Å². The molecule has 6 heteroatoms. The zero-order chi connectivity index (χ0) is 15.5. The van der Waals surface area contributed by atoms with Crippen molar-refractivity contribution in [2.45, 2.75) is 17.4 Å². The van der Waals surface area contributed by atoms with Crippen LogP contribution in [0.15, 0.2) is 47.4 Å². The maximum Gasteiger partial charge on any atom is 0.175 e. The second-order valence-electron chi connectivity index (χ2n) is 4.96. The summed E-state index contributed by atoms with van der Waals surface area (Å²) in [5, 5.41) is 8.98. The van der Waals surface area contributed by atoms with E-state index in [-0.39, 0.29) is 17.5 Å². The van der Waals surface area contributed by atoms with E-state index in [4.69, 9.17) is 10.8 Å². The largest absolute Gasteiger partial charge is 0.395 e. The molecule has 0 radical (unpaired) electrons. The van der Waals surface area contributed by atoms with Crippen molar-refractivity contribution in [2.24, 2.45) is 5.73 Å². The van der Waals surface area contributed by atoms with Crippen LogP contribution in [0.3, 0.4) is 0 Å². The van der Waals surface area contributed by atoms with Crippen molar-refractivity contribution in [2.75, 3.05) is 12.9 Å². The molecule has 1 heterocycles. The molecule has 1 aromatic heterocycles. The van der Waals surface area contributed by atoms with E-state index < -0.39 is 9.84 Å². The Morgan fingerprint density at radius 2 is 1.86 bits per heavy atom. The summed E-state index contributed by atoms with van der Waals surface area (Å²) in [5.74, 6) is 0. The molecule has 0 spiro atoms. The quantitative estimate of drug-likeness (QED) is 0.860. The van der Waals surface area contributed by atoms with Crippen LogP contribution in [-0.4, -0.2) is 37.4 Å². The van der Waals surface area contributed by atoms with Crippen LogP contribution in [-0.2, 0) is 16.3 Å². The van der Waals surface area contributed by atoms with Gasteiger partial charge in [0.05, 0.1) is 17.2 Å². The van der Waals surface area contributed by atoms with Crippen molar-refractivity contribution in [1.82, 2.24) is 4.98 Å². The summed E-state index contributed by atoms with van der Waals surface area (Å²) in [5.41, 5.74) is 8.08. The fourth-order valence-corrected chi connectivity index (χ4v) is 2.59. The lowest BCUT2D eigenvalue weighted by Crippen LogP contribution is -2.27. The number of hydrogen-bond acceptors (Lipinski definition) is 5. The van der Waals surface area contributed by atoms with E-state index in [1.54, 1.807) is 24.3 Å². The van der Waals surface area contributed by atoms with Crippen molar-refractivity contribution < 1.29 is 13.5 Å². The van der Waals surface area contributed by atoms with E-state index in [0.29, 0.717) is 6.42 Å². The van der Waals surface area contributed by atoms with Crippen LogP contribution in [0.25, 0.3) is 11.3 Å². The third-order valence-electron chi connectivity index (χ3n) is 3.09. The number of aromatic nitrogens is 1. The zero-order valence-electron chi connectivity index (χ0n) is 11.7. The maximum absolute atomic E-state index is 11.4. The summed E-state index contributed by atoms with van der Waals surface area (Å²) in [6.45, 7) is -0.0883. The van der Waals surface area contributed by atoms with Gasteiger partial charge in [-0.25, -0.2) is 8.42 Å². The van der Waals surface area contributed by atoms with Gasteiger partial charge in [0, 0.05) is 30.0 Å². The lowest BCUT2D eigenvalue weighted by atomic mass is 10.1. The van der Waals surface area contributed by atoms with E-state index in [0.717, 1.165) is 17.0 Å². The Hall–Kier alpha value is -1.76. The fraction of sp³-hybridized carbons (Fsp3) is 0.267. The average molecular weight is 306 g/mol. The third-order valence-corrected chi connectivity index (χ3v) is 4.22. The molecule has 1 aromatic carbocycles. The summed E-state index contributed by atoms with van der Waals surface area (Å²) in [7, 11) is -3.19. The highest BCUT2D eigenvalue weighted by molar-refractivity contribution is 7.90. The minimum Gasteiger partial charge on any atom is -0.395 e. The standard InChI is InChI=1S/C15H18N2O3S/c1-21(19,20)14-7-5-11(6-8-14)15-4-2-3-13(17-15)9-12(16)10-18/h2-8,12,18H,9-10,16H2,1H3. The summed E-state index contributed by atoms with van der Waals surface area (Å²) < 4.78 is 22.9. The highest BCUT2D eigenvalue weighted by atomic mass is 32.2. The number of nitrogens with zero attached hydrogens (tertiary/aromatic N) is 1. The number of benzene rings is 1.